The number of nitrogens with one attached hydrogen (secondary N) is 2. The van der Waals surface area contributed by atoms with Crippen LogP contribution in [0.4, 0.5) is 0 Å². The van der Waals surface area contributed by atoms with Crippen LogP contribution in [0.25, 0.3) is 0 Å². The van der Waals surface area contributed by atoms with E-state index in [1.54, 1.807) is 11.8 Å². The van der Waals surface area contributed by atoms with Gasteiger partial charge >= 0.3 is 0 Å². The average Bonchev–Trinajstić information content (AvgIpc) is 2.42. The fraction of sp³-hybridized carbons (Fsp3) is 0.538. The van der Waals surface area contributed by atoms with Crippen LogP contribution < -0.4 is 10.6 Å². The highest BCUT2D eigenvalue weighted by Crippen LogP contribution is 2.22. The molecule has 0 amide bonds. The number of hydrogen-bond donors (Lipinski definition) is 2. The molecule has 1 aliphatic rings. The number of benzene rings is 1. The standard InChI is InChI=1S/C13H20N2OS/c1-14-13(12-9-16-8-7-15-12)10-3-5-11(17-2)6-4-10/h3-6,12-15H,7-9H2,1-2H3. The third kappa shape index (κ3) is 3.22. The maximum atomic E-state index is 5.52. The fourth-order valence-electron chi connectivity index (χ4n) is 2.21. The summed E-state index contributed by atoms with van der Waals surface area (Å²) in [5.41, 5.74) is 1.31. The van der Waals surface area contributed by atoms with Crippen molar-refractivity contribution in [3.8, 4) is 0 Å². The molecule has 0 bridgehead atoms. The summed E-state index contributed by atoms with van der Waals surface area (Å²) >= 11 is 1.77. The van der Waals surface area contributed by atoms with Crippen molar-refractivity contribution >= 4 is 11.8 Å². The van der Waals surface area contributed by atoms with Gasteiger partial charge in [-0.1, -0.05) is 12.1 Å². The third-order valence-corrected chi connectivity index (χ3v) is 3.88. The Morgan fingerprint density at radius 3 is 2.71 bits per heavy atom. The van der Waals surface area contributed by atoms with Crippen LogP contribution >= 0.6 is 11.8 Å². The highest BCUT2D eigenvalue weighted by atomic mass is 32.2. The zero-order chi connectivity index (χ0) is 12.1. The van der Waals surface area contributed by atoms with Crippen molar-refractivity contribution in [1.82, 2.24) is 10.6 Å². The number of hydrogen-bond acceptors (Lipinski definition) is 4. The summed E-state index contributed by atoms with van der Waals surface area (Å²) in [6, 6.07) is 9.41. The molecule has 3 nitrogen and oxygen atoms in total. The molecular weight excluding hydrogens is 232 g/mol. The van der Waals surface area contributed by atoms with Crippen molar-refractivity contribution in [3.63, 3.8) is 0 Å². The van der Waals surface area contributed by atoms with Crippen LogP contribution in [0.1, 0.15) is 11.6 Å². The molecule has 0 aliphatic carbocycles. The van der Waals surface area contributed by atoms with Crippen LogP contribution in [0.3, 0.4) is 0 Å². The molecule has 1 saturated heterocycles. The van der Waals surface area contributed by atoms with Crippen molar-refractivity contribution in [3.05, 3.63) is 29.8 Å². The van der Waals surface area contributed by atoms with E-state index in [4.69, 9.17) is 4.74 Å². The fourth-order valence-corrected chi connectivity index (χ4v) is 2.62. The molecule has 0 spiro atoms. The monoisotopic (exact) mass is 252 g/mol. The first-order valence-electron chi connectivity index (χ1n) is 5.97. The summed E-state index contributed by atoms with van der Waals surface area (Å²) in [5.74, 6) is 0. The minimum Gasteiger partial charge on any atom is -0.378 e. The molecule has 1 aromatic carbocycles. The number of ether oxygens (including phenoxy) is 1. The second-order valence-electron chi connectivity index (χ2n) is 4.18. The van der Waals surface area contributed by atoms with E-state index in [0.29, 0.717) is 12.1 Å². The molecule has 2 unspecified atom stereocenters. The molecule has 1 fully saturated rings. The molecule has 0 saturated carbocycles. The molecule has 1 aliphatic heterocycles. The summed E-state index contributed by atoms with van der Waals surface area (Å²) in [6.45, 7) is 2.53. The second kappa shape index (κ2) is 6.40. The molecule has 1 aromatic rings. The van der Waals surface area contributed by atoms with E-state index in [2.05, 4.69) is 41.2 Å². The van der Waals surface area contributed by atoms with E-state index in [1.165, 1.54) is 10.5 Å². The summed E-state index contributed by atoms with van der Waals surface area (Å²) in [4.78, 5) is 1.30. The molecular formula is C13H20N2OS. The minimum atomic E-state index is 0.311. The van der Waals surface area contributed by atoms with Gasteiger partial charge in [-0.05, 0) is 31.0 Å². The third-order valence-electron chi connectivity index (χ3n) is 3.14. The van der Waals surface area contributed by atoms with Crippen molar-refractivity contribution in [2.24, 2.45) is 0 Å². The van der Waals surface area contributed by atoms with Crippen molar-refractivity contribution in [2.45, 2.75) is 17.0 Å². The molecule has 0 radical (unpaired) electrons. The quantitative estimate of drug-likeness (QED) is 0.799. The van der Waals surface area contributed by atoms with Gasteiger partial charge in [0.05, 0.1) is 19.3 Å². The SMILES string of the molecule is CNC(c1ccc(SC)cc1)C1COCCN1. The molecule has 1 heterocycles. The summed E-state index contributed by atoms with van der Waals surface area (Å²) in [6.07, 6.45) is 2.10. The topological polar surface area (TPSA) is 33.3 Å². The Kier molecular flexibility index (Phi) is 4.86. The zero-order valence-electron chi connectivity index (χ0n) is 10.4. The Labute approximate surface area is 107 Å². The smallest absolute Gasteiger partial charge is 0.0638 e. The Hall–Kier alpha value is -0.550. The first-order valence-corrected chi connectivity index (χ1v) is 7.20. The van der Waals surface area contributed by atoms with Gasteiger partial charge in [-0.2, -0.15) is 0 Å². The van der Waals surface area contributed by atoms with E-state index in [1.807, 2.05) is 7.05 Å². The minimum absolute atomic E-state index is 0.311. The Morgan fingerprint density at radius 1 is 1.41 bits per heavy atom. The largest absolute Gasteiger partial charge is 0.378 e. The van der Waals surface area contributed by atoms with Crippen molar-refractivity contribution in [2.75, 3.05) is 33.1 Å². The van der Waals surface area contributed by atoms with E-state index >= 15 is 0 Å². The molecule has 0 aromatic heterocycles. The van der Waals surface area contributed by atoms with E-state index in [0.717, 1.165) is 19.8 Å². The Morgan fingerprint density at radius 2 is 2.18 bits per heavy atom. The Balaban J connectivity index is 2.10. The van der Waals surface area contributed by atoms with Crippen LogP contribution in [-0.4, -0.2) is 39.1 Å². The number of rotatable bonds is 4. The molecule has 2 N–H and O–H groups in total. The molecule has 4 heteroatoms. The Bertz CT molecular complexity index is 336. The normalized spacial score (nSPS) is 22.4. The van der Waals surface area contributed by atoms with Crippen molar-refractivity contribution in [1.29, 1.82) is 0 Å². The van der Waals surface area contributed by atoms with Gasteiger partial charge in [0.2, 0.25) is 0 Å². The molecule has 94 valence electrons. The predicted octanol–water partition coefficient (Wildman–Crippen LogP) is 1.66. The maximum absolute atomic E-state index is 5.52. The number of likely N-dealkylation sites (N-methyl/N-ethyl adjacent to an activating group) is 1. The van der Waals surface area contributed by atoms with E-state index in [9.17, 15) is 0 Å². The van der Waals surface area contributed by atoms with Gasteiger partial charge in [-0.3, -0.25) is 0 Å². The van der Waals surface area contributed by atoms with Crippen LogP contribution in [0.15, 0.2) is 29.2 Å². The predicted molar refractivity (Wildman–Crippen MR) is 72.6 cm³/mol. The highest BCUT2D eigenvalue weighted by molar-refractivity contribution is 7.98. The lowest BCUT2D eigenvalue weighted by Crippen LogP contribution is -2.48. The lowest BCUT2D eigenvalue weighted by molar-refractivity contribution is 0.0645. The van der Waals surface area contributed by atoms with Gasteiger partial charge in [0, 0.05) is 17.5 Å². The molecule has 2 rings (SSSR count). The van der Waals surface area contributed by atoms with Gasteiger partial charge in [0.15, 0.2) is 0 Å². The van der Waals surface area contributed by atoms with Crippen LogP contribution in [0, 0.1) is 0 Å². The van der Waals surface area contributed by atoms with Gasteiger partial charge in [-0.25, -0.2) is 0 Å². The van der Waals surface area contributed by atoms with E-state index < -0.39 is 0 Å². The lowest BCUT2D eigenvalue weighted by Gasteiger charge is -2.31. The van der Waals surface area contributed by atoms with E-state index in [-0.39, 0.29) is 0 Å². The summed E-state index contributed by atoms with van der Waals surface area (Å²) in [7, 11) is 2.00. The van der Waals surface area contributed by atoms with Gasteiger partial charge in [0.25, 0.3) is 0 Å². The number of thioether (sulfide) groups is 1. The van der Waals surface area contributed by atoms with Crippen LogP contribution in [-0.2, 0) is 4.74 Å². The van der Waals surface area contributed by atoms with Crippen LogP contribution in [0.5, 0.6) is 0 Å². The zero-order valence-corrected chi connectivity index (χ0v) is 11.2. The highest BCUT2D eigenvalue weighted by Gasteiger charge is 2.23. The maximum Gasteiger partial charge on any atom is 0.0638 e. The molecule has 17 heavy (non-hydrogen) atoms. The lowest BCUT2D eigenvalue weighted by atomic mass is 9.99. The average molecular weight is 252 g/mol. The number of morpholine rings is 1. The van der Waals surface area contributed by atoms with Gasteiger partial charge in [-0.15, -0.1) is 11.8 Å². The first-order chi connectivity index (χ1) is 8.35. The summed E-state index contributed by atoms with van der Waals surface area (Å²) in [5, 5.41) is 6.88. The van der Waals surface area contributed by atoms with Gasteiger partial charge < -0.3 is 15.4 Å². The van der Waals surface area contributed by atoms with Crippen LogP contribution in [0.2, 0.25) is 0 Å². The van der Waals surface area contributed by atoms with Crippen molar-refractivity contribution < 1.29 is 4.74 Å². The second-order valence-corrected chi connectivity index (χ2v) is 5.05. The molecule has 2 atom stereocenters. The van der Waals surface area contributed by atoms with Gasteiger partial charge in [0.1, 0.15) is 0 Å². The first kappa shape index (κ1) is 12.9. The summed E-state index contributed by atoms with van der Waals surface area (Å²) < 4.78 is 5.52.